The van der Waals surface area contributed by atoms with Gasteiger partial charge in [-0.05, 0) is 38.5 Å². The first kappa shape index (κ1) is 17.2. The summed E-state index contributed by atoms with van der Waals surface area (Å²) in [6, 6.07) is 0. The molecule has 1 unspecified atom stereocenters. The number of alkyl halides is 2. The Morgan fingerprint density at radius 3 is 2.75 bits per heavy atom. The zero-order chi connectivity index (χ0) is 17.6. The first-order chi connectivity index (χ1) is 11.2. The second-order valence-corrected chi connectivity index (χ2v) is 7.88. The third-order valence-corrected chi connectivity index (χ3v) is 4.45. The summed E-state index contributed by atoms with van der Waals surface area (Å²) < 4.78 is 33.0. The van der Waals surface area contributed by atoms with E-state index in [1.165, 1.54) is 11.0 Å². The zero-order valence-corrected chi connectivity index (χ0v) is 15.3. The van der Waals surface area contributed by atoms with Crippen LogP contribution < -0.4 is 10.7 Å². The summed E-state index contributed by atoms with van der Waals surface area (Å²) in [5.41, 5.74) is 0.703. The molecule has 0 bridgehead atoms. The van der Waals surface area contributed by atoms with Crippen molar-refractivity contribution in [3.8, 4) is 0 Å². The van der Waals surface area contributed by atoms with Gasteiger partial charge in [0.1, 0.15) is 5.60 Å². The van der Waals surface area contributed by atoms with Gasteiger partial charge in [0.2, 0.25) is 6.43 Å². The predicted molar refractivity (Wildman–Crippen MR) is 91.4 cm³/mol. The van der Waals surface area contributed by atoms with Gasteiger partial charge in [-0.3, -0.25) is 4.90 Å². The van der Waals surface area contributed by atoms with Gasteiger partial charge in [-0.25, -0.2) is 13.6 Å². The summed E-state index contributed by atoms with van der Waals surface area (Å²) in [6.45, 7) is 6.04. The van der Waals surface area contributed by atoms with E-state index in [4.69, 9.17) is 4.74 Å². The number of aromatic nitrogens is 1. The largest absolute Gasteiger partial charge is 0.444 e. The highest BCUT2D eigenvalue weighted by molar-refractivity contribution is 9.12. The normalized spacial score (nSPS) is 19.9. The fourth-order valence-electron chi connectivity index (χ4n) is 3.00. The lowest BCUT2D eigenvalue weighted by atomic mass is 9.92. The highest BCUT2D eigenvalue weighted by atomic mass is 79.9. The highest BCUT2D eigenvalue weighted by Gasteiger charge is 2.31. The number of nitrogens with zero attached hydrogens (tertiary/aromatic N) is 1. The molecule has 7 heteroatoms. The topological polar surface area (TPSA) is 45.3 Å². The second-order valence-electron chi connectivity index (χ2n) is 6.97. The molecule has 0 saturated heterocycles. The standard InChI is InChI=1S/C17H19BrF2N2O2/c1-17(2,3)24-16(23)22-5-4-12-11(8-22)14-10(15(19)20)6-9(18)7-13(14)21-12/h4,6-7,10,15,21H,5,8H2,1-3H3. The maximum Gasteiger partial charge on any atom is 0.410 e. The number of carbonyl (C=O) groups is 1. The SMILES string of the molecule is CC(C)(C)OC(=O)N1CC=c2[nH]c3c(c2C1)C(C(F)F)C=C(Br)C=3. The van der Waals surface area contributed by atoms with Crippen LogP contribution >= 0.6 is 15.9 Å². The molecular weight excluding hydrogens is 382 g/mol. The fraction of sp³-hybridized carbons (Fsp3) is 0.471. The van der Waals surface area contributed by atoms with E-state index in [1.807, 2.05) is 6.08 Å². The molecule has 1 aromatic rings. The number of aromatic amines is 1. The van der Waals surface area contributed by atoms with Crippen LogP contribution in [0.25, 0.3) is 12.2 Å². The van der Waals surface area contributed by atoms with E-state index in [2.05, 4.69) is 20.9 Å². The Kier molecular flexibility index (Phi) is 4.32. The van der Waals surface area contributed by atoms with E-state index < -0.39 is 24.0 Å². The lowest BCUT2D eigenvalue weighted by Gasteiger charge is -2.29. The van der Waals surface area contributed by atoms with Crippen molar-refractivity contribution in [1.82, 2.24) is 9.88 Å². The Labute approximate surface area is 147 Å². The van der Waals surface area contributed by atoms with Crippen molar-refractivity contribution in [2.75, 3.05) is 6.54 Å². The minimum absolute atomic E-state index is 0.259. The van der Waals surface area contributed by atoms with Gasteiger partial charge in [0, 0.05) is 27.3 Å². The van der Waals surface area contributed by atoms with Crippen molar-refractivity contribution in [3.63, 3.8) is 0 Å². The molecule has 3 rings (SSSR count). The Morgan fingerprint density at radius 2 is 2.12 bits per heavy atom. The lowest BCUT2D eigenvalue weighted by Crippen LogP contribution is -2.40. The van der Waals surface area contributed by atoms with Crippen LogP contribution in [-0.2, 0) is 11.3 Å². The van der Waals surface area contributed by atoms with Crippen LogP contribution in [0, 0.1) is 0 Å². The number of nitrogens with one attached hydrogen (secondary N) is 1. The highest BCUT2D eigenvalue weighted by Crippen LogP contribution is 2.31. The predicted octanol–water partition coefficient (Wildman–Crippen LogP) is 2.97. The first-order valence-electron chi connectivity index (χ1n) is 7.72. The molecule has 4 nitrogen and oxygen atoms in total. The minimum Gasteiger partial charge on any atom is -0.444 e. The molecule has 0 fully saturated rings. The van der Waals surface area contributed by atoms with Gasteiger partial charge in [-0.2, -0.15) is 0 Å². The van der Waals surface area contributed by atoms with E-state index in [9.17, 15) is 13.6 Å². The van der Waals surface area contributed by atoms with Crippen LogP contribution in [0.15, 0.2) is 10.6 Å². The third-order valence-electron chi connectivity index (χ3n) is 3.95. The summed E-state index contributed by atoms with van der Waals surface area (Å²) in [7, 11) is 0. The molecule has 2 heterocycles. The molecule has 0 saturated carbocycles. The van der Waals surface area contributed by atoms with Gasteiger partial charge in [0.05, 0.1) is 12.5 Å². The van der Waals surface area contributed by atoms with E-state index in [-0.39, 0.29) is 6.54 Å². The average Bonchev–Trinajstić information content (AvgIpc) is 2.81. The maximum atomic E-state index is 13.5. The van der Waals surface area contributed by atoms with Crippen molar-refractivity contribution in [2.45, 2.75) is 45.3 Å². The molecule has 1 amide bonds. The lowest BCUT2D eigenvalue weighted by molar-refractivity contribution is 0.0257. The Morgan fingerprint density at radius 1 is 1.42 bits per heavy atom. The van der Waals surface area contributed by atoms with Crippen LogP contribution in [0.1, 0.15) is 37.8 Å². The molecule has 24 heavy (non-hydrogen) atoms. The third kappa shape index (κ3) is 3.27. The number of halogens is 3. The van der Waals surface area contributed by atoms with Crippen molar-refractivity contribution in [1.29, 1.82) is 0 Å². The number of rotatable bonds is 1. The van der Waals surface area contributed by atoms with Crippen molar-refractivity contribution in [2.24, 2.45) is 0 Å². The van der Waals surface area contributed by atoms with Gasteiger partial charge >= 0.3 is 6.09 Å². The number of ether oxygens (including phenoxy) is 1. The minimum atomic E-state index is -2.51. The summed E-state index contributed by atoms with van der Waals surface area (Å²) >= 11 is 3.29. The molecule has 1 aliphatic heterocycles. The van der Waals surface area contributed by atoms with Crippen LogP contribution in [0.5, 0.6) is 0 Å². The van der Waals surface area contributed by atoms with Crippen LogP contribution in [0.4, 0.5) is 13.6 Å². The summed E-state index contributed by atoms with van der Waals surface area (Å²) in [6.07, 6.45) is 2.18. The Bertz CT molecular complexity index is 821. The van der Waals surface area contributed by atoms with Crippen LogP contribution in [-0.4, -0.2) is 34.5 Å². The van der Waals surface area contributed by atoms with Gasteiger partial charge in [-0.1, -0.05) is 22.0 Å². The average molecular weight is 401 g/mol. The molecule has 130 valence electrons. The number of hydrogen-bond donors (Lipinski definition) is 1. The number of allylic oxidation sites excluding steroid dienone is 2. The van der Waals surface area contributed by atoms with Crippen molar-refractivity contribution in [3.05, 3.63) is 32.4 Å². The molecule has 0 spiro atoms. The number of amides is 1. The molecule has 1 aliphatic carbocycles. The summed E-state index contributed by atoms with van der Waals surface area (Å²) in [4.78, 5) is 17.0. The number of hydrogen-bond acceptors (Lipinski definition) is 2. The molecule has 2 aliphatic rings. The summed E-state index contributed by atoms with van der Waals surface area (Å²) in [5.74, 6) is -0.994. The smallest absolute Gasteiger partial charge is 0.410 e. The van der Waals surface area contributed by atoms with E-state index in [0.29, 0.717) is 21.9 Å². The van der Waals surface area contributed by atoms with Crippen LogP contribution in [0.2, 0.25) is 0 Å². The molecule has 1 aromatic heterocycles. The van der Waals surface area contributed by atoms with E-state index in [1.54, 1.807) is 26.8 Å². The van der Waals surface area contributed by atoms with Gasteiger partial charge < -0.3 is 9.72 Å². The second kappa shape index (κ2) is 6.02. The Balaban J connectivity index is 1.97. The summed E-state index contributed by atoms with van der Waals surface area (Å²) in [5, 5.41) is 1.47. The quantitative estimate of drug-likeness (QED) is 0.787. The number of carbonyl (C=O) groups excluding carboxylic acids is 1. The van der Waals surface area contributed by atoms with Gasteiger partial charge in [0.15, 0.2) is 0 Å². The molecule has 0 aromatic carbocycles. The molecule has 1 N–H and O–H groups in total. The maximum absolute atomic E-state index is 13.5. The van der Waals surface area contributed by atoms with Gasteiger partial charge in [0.25, 0.3) is 0 Å². The van der Waals surface area contributed by atoms with Gasteiger partial charge in [-0.15, -0.1) is 0 Å². The number of H-pyrrole nitrogens is 1. The van der Waals surface area contributed by atoms with Crippen LogP contribution in [0.3, 0.4) is 0 Å². The monoisotopic (exact) mass is 400 g/mol. The molecule has 1 atom stereocenters. The zero-order valence-electron chi connectivity index (χ0n) is 13.7. The van der Waals surface area contributed by atoms with E-state index >= 15 is 0 Å². The van der Waals surface area contributed by atoms with Crippen molar-refractivity contribution >= 4 is 34.2 Å². The molecule has 0 radical (unpaired) electrons. The molecular formula is C17H19BrF2N2O2. The fourth-order valence-corrected chi connectivity index (χ4v) is 3.51. The first-order valence-corrected chi connectivity index (χ1v) is 8.51. The van der Waals surface area contributed by atoms with E-state index in [0.717, 1.165) is 10.9 Å². The Hall–Kier alpha value is -1.63. The van der Waals surface area contributed by atoms with Crippen molar-refractivity contribution < 1.29 is 18.3 Å². The number of fused-ring (bicyclic) bond motifs is 3.